The molecule has 0 saturated carbocycles. The number of carbonyl (C=O) groups is 2. The van der Waals surface area contributed by atoms with E-state index < -0.39 is 16.1 Å². The number of nitrogens with zero attached hydrogens (tertiary/aromatic N) is 2. The number of nitrogens with one attached hydrogen (secondary N) is 1. The van der Waals surface area contributed by atoms with Crippen molar-refractivity contribution in [2.24, 2.45) is 0 Å². The van der Waals surface area contributed by atoms with Gasteiger partial charge in [0.05, 0.1) is 17.0 Å². The topological polar surface area (TPSA) is 86.8 Å². The van der Waals surface area contributed by atoms with E-state index in [0.717, 1.165) is 21.7 Å². The molecule has 2 aromatic carbocycles. The van der Waals surface area contributed by atoms with Crippen molar-refractivity contribution < 1.29 is 18.0 Å². The lowest BCUT2D eigenvalue weighted by atomic mass is 10.1. The Kier molecular flexibility index (Phi) is 10.4. The maximum Gasteiger partial charge on any atom is 0.242 e. The third-order valence-corrected chi connectivity index (χ3v) is 7.26. The average molecular weight is 543 g/mol. The SMILES string of the molecule is Cc1ccccc1CN(C(=O)CCCN(c1cc(Cl)ccc1Cl)S(C)(=O)=O)[C@H](C)C(=O)NC(C)C. The molecule has 192 valence electrons. The first-order valence-electron chi connectivity index (χ1n) is 11.4. The molecule has 0 radical (unpaired) electrons. The molecule has 0 fully saturated rings. The molecule has 35 heavy (non-hydrogen) atoms. The van der Waals surface area contributed by atoms with Crippen molar-refractivity contribution in [3.63, 3.8) is 0 Å². The second kappa shape index (κ2) is 12.6. The summed E-state index contributed by atoms with van der Waals surface area (Å²) in [6.45, 7) is 7.68. The summed E-state index contributed by atoms with van der Waals surface area (Å²) in [5, 5.41) is 3.45. The molecule has 1 N–H and O–H groups in total. The van der Waals surface area contributed by atoms with E-state index in [1.165, 1.54) is 17.0 Å². The Balaban J connectivity index is 2.22. The third-order valence-electron chi connectivity index (χ3n) is 5.53. The molecule has 0 aliphatic heterocycles. The number of sulfonamides is 1. The molecule has 2 amide bonds. The predicted molar refractivity (Wildman–Crippen MR) is 142 cm³/mol. The number of hydrogen-bond acceptors (Lipinski definition) is 4. The van der Waals surface area contributed by atoms with Crippen LogP contribution in [-0.2, 0) is 26.2 Å². The minimum absolute atomic E-state index is 0.0371. The van der Waals surface area contributed by atoms with E-state index in [9.17, 15) is 18.0 Å². The van der Waals surface area contributed by atoms with Gasteiger partial charge in [-0.05, 0) is 63.4 Å². The number of amides is 2. The molecule has 2 aromatic rings. The second-order valence-electron chi connectivity index (χ2n) is 8.82. The first-order chi connectivity index (χ1) is 16.3. The molecule has 0 aromatic heterocycles. The van der Waals surface area contributed by atoms with Crippen LogP contribution in [0.25, 0.3) is 0 Å². The van der Waals surface area contributed by atoms with E-state index in [-0.39, 0.29) is 54.5 Å². The van der Waals surface area contributed by atoms with Crippen LogP contribution >= 0.6 is 23.2 Å². The van der Waals surface area contributed by atoms with E-state index in [1.807, 2.05) is 45.0 Å². The van der Waals surface area contributed by atoms with E-state index in [2.05, 4.69) is 5.32 Å². The third kappa shape index (κ3) is 8.40. The number of benzene rings is 2. The first kappa shape index (κ1) is 28.9. The van der Waals surface area contributed by atoms with Gasteiger partial charge in [0, 0.05) is 30.6 Å². The van der Waals surface area contributed by atoms with Crippen LogP contribution in [0.5, 0.6) is 0 Å². The molecular formula is C25H33Cl2N3O4S. The molecule has 0 aliphatic carbocycles. The predicted octanol–water partition coefficient (Wildman–Crippen LogP) is 4.79. The van der Waals surface area contributed by atoms with Crippen molar-refractivity contribution in [3.8, 4) is 0 Å². The Morgan fingerprint density at radius 2 is 1.71 bits per heavy atom. The lowest BCUT2D eigenvalue weighted by molar-refractivity contribution is -0.140. The van der Waals surface area contributed by atoms with Gasteiger partial charge < -0.3 is 10.2 Å². The Labute approximate surface area is 218 Å². The maximum atomic E-state index is 13.3. The highest BCUT2D eigenvalue weighted by atomic mass is 35.5. The smallest absolute Gasteiger partial charge is 0.242 e. The quantitative estimate of drug-likeness (QED) is 0.443. The molecule has 7 nitrogen and oxygen atoms in total. The summed E-state index contributed by atoms with van der Waals surface area (Å²) in [6, 6.07) is 11.5. The lowest BCUT2D eigenvalue weighted by Crippen LogP contribution is -2.49. The van der Waals surface area contributed by atoms with E-state index in [4.69, 9.17) is 23.2 Å². The monoisotopic (exact) mass is 541 g/mol. The van der Waals surface area contributed by atoms with Crippen LogP contribution in [0.4, 0.5) is 5.69 Å². The summed E-state index contributed by atoms with van der Waals surface area (Å²) in [5.74, 6) is -0.490. The zero-order valence-electron chi connectivity index (χ0n) is 20.7. The fraction of sp³-hybridized carbons (Fsp3) is 0.440. The van der Waals surface area contributed by atoms with Gasteiger partial charge in [0.1, 0.15) is 6.04 Å². The summed E-state index contributed by atoms with van der Waals surface area (Å²) in [5.41, 5.74) is 2.21. The van der Waals surface area contributed by atoms with Crippen LogP contribution in [0.2, 0.25) is 10.0 Å². The molecule has 10 heteroatoms. The van der Waals surface area contributed by atoms with Gasteiger partial charge in [-0.3, -0.25) is 13.9 Å². The highest BCUT2D eigenvalue weighted by Crippen LogP contribution is 2.31. The van der Waals surface area contributed by atoms with Gasteiger partial charge in [0.25, 0.3) is 0 Å². The first-order valence-corrected chi connectivity index (χ1v) is 14.0. The van der Waals surface area contributed by atoms with E-state index in [0.29, 0.717) is 5.02 Å². The van der Waals surface area contributed by atoms with Crippen molar-refractivity contribution in [2.75, 3.05) is 17.1 Å². The fourth-order valence-electron chi connectivity index (χ4n) is 3.62. The van der Waals surface area contributed by atoms with Crippen LogP contribution in [0.3, 0.4) is 0 Å². The van der Waals surface area contributed by atoms with Crippen LogP contribution < -0.4 is 9.62 Å². The minimum Gasteiger partial charge on any atom is -0.352 e. The highest BCUT2D eigenvalue weighted by Gasteiger charge is 2.27. The lowest BCUT2D eigenvalue weighted by Gasteiger charge is -2.30. The second-order valence-corrected chi connectivity index (χ2v) is 11.6. The number of aryl methyl sites for hydroxylation is 1. The van der Waals surface area contributed by atoms with Crippen molar-refractivity contribution >= 4 is 50.7 Å². The van der Waals surface area contributed by atoms with Crippen LogP contribution in [0.1, 0.15) is 44.7 Å². The van der Waals surface area contributed by atoms with Gasteiger partial charge >= 0.3 is 0 Å². The Morgan fingerprint density at radius 1 is 1.06 bits per heavy atom. The van der Waals surface area contributed by atoms with Gasteiger partial charge in [-0.25, -0.2) is 8.42 Å². The Bertz CT molecular complexity index is 1160. The van der Waals surface area contributed by atoms with Gasteiger partial charge in [-0.15, -0.1) is 0 Å². The van der Waals surface area contributed by atoms with Crippen LogP contribution in [-0.4, -0.2) is 50.0 Å². The van der Waals surface area contributed by atoms with Gasteiger partial charge in [-0.1, -0.05) is 47.5 Å². The van der Waals surface area contributed by atoms with Crippen molar-refractivity contribution in [1.29, 1.82) is 0 Å². The normalized spacial score (nSPS) is 12.3. The number of halogens is 2. The molecule has 0 saturated heterocycles. The van der Waals surface area contributed by atoms with Crippen LogP contribution in [0, 0.1) is 6.92 Å². The molecular weight excluding hydrogens is 509 g/mol. The van der Waals surface area contributed by atoms with Crippen LogP contribution in [0.15, 0.2) is 42.5 Å². The van der Waals surface area contributed by atoms with Gasteiger partial charge in [-0.2, -0.15) is 0 Å². The van der Waals surface area contributed by atoms with Crippen molar-refractivity contribution in [3.05, 3.63) is 63.6 Å². The molecule has 2 rings (SSSR count). The van der Waals surface area contributed by atoms with Gasteiger partial charge in [0.15, 0.2) is 0 Å². The summed E-state index contributed by atoms with van der Waals surface area (Å²) >= 11 is 12.3. The Hall–Kier alpha value is -2.29. The number of carbonyl (C=O) groups excluding carboxylic acids is 2. The average Bonchev–Trinajstić information content (AvgIpc) is 2.76. The largest absolute Gasteiger partial charge is 0.352 e. The number of rotatable bonds is 11. The number of anilines is 1. The minimum atomic E-state index is -3.67. The molecule has 0 bridgehead atoms. The zero-order valence-corrected chi connectivity index (χ0v) is 23.0. The molecule has 0 heterocycles. The standard InChI is InChI=1S/C25H33Cl2N3O4S/c1-17(2)28-25(32)19(4)29(16-20-10-7-6-9-18(20)3)24(31)11-8-14-30(35(5,33)34)23-15-21(26)12-13-22(23)27/h6-7,9-10,12-13,15,17,19H,8,11,14,16H2,1-5H3,(H,28,32)/t19-/m1/s1. The van der Waals surface area contributed by atoms with Gasteiger partial charge in [0.2, 0.25) is 21.8 Å². The Morgan fingerprint density at radius 3 is 2.31 bits per heavy atom. The summed E-state index contributed by atoms with van der Waals surface area (Å²) < 4.78 is 26.1. The fourth-order valence-corrected chi connectivity index (χ4v) is 5.02. The van der Waals surface area contributed by atoms with E-state index >= 15 is 0 Å². The summed E-state index contributed by atoms with van der Waals surface area (Å²) in [6.07, 6.45) is 1.36. The molecule has 0 aliphatic rings. The van der Waals surface area contributed by atoms with Crippen molar-refractivity contribution in [1.82, 2.24) is 10.2 Å². The highest BCUT2D eigenvalue weighted by molar-refractivity contribution is 7.92. The molecule has 0 unspecified atom stereocenters. The molecule has 1 atom stereocenters. The summed E-state index contributed by atoms with van der Waals surface area (Å²) in [4.78, 5) is 27.6. The number of hydrogen-bond donors (Lipinski definition) is 1. The maximum absolute atomic E-state index is 13.3. The summed E-state index contributed by atoms with van der Waals surface area (Å²) in [7, 11) is -3.67. The van der Waals surface area contributed by atoms with Crippen molar-refractivity contribution in [2.45, 2.75) is 59.2 Å². The zero-order chi connectivity index (χ0) is 26.3. The van der Waals surface area contributed by atoms with E-state index in [1.54, 1.807) is 13.0 Å². The molecule has 0 spiro atoms.